The van der Waals surface area contributed by atoms with E-state index in [2.05, 4.69) is 51.4 Å². The summed E-state index contributed by atoms with van der Waals surface area (Å²) in [7, 11) is 0. The molecule has 63 heavy (non-hydrogen) atoms. The van der Waals surface area contributed by atoms with Gasteiger partial charge in [-0.3, -0.25) is 20.1 Å². The van der Waals surface area contributed by atoms with Crippen molar-refractivity contribution in [2.75, 3.05) is 36.0 Å². The lowest BCUT2D eigenvalue weighted by Crippen LogP contribution is -2.49. The predicted molar refractivity (Wildman–Crippen MR) is 242 cm³/mol. The van der Waals surface area contributed by atoms with Gasteiger partial charge >= 0.3 is 12.2 Å². The second-order valence-electron chi connectivity index (χ2n) is 17.6. The first-order chi connectivity index (χ1) is 29.9. The number of hydrogen-bond donors (Lipinski definition) is 6. The molecule has 0 unspecified atom stereocenters. The van der Waals surface area contributed by atoms with E-state index in [0.29, 0.717) is 64.4 Å². The number of nitrogen functional groups attached to an aromatic ring is 1. The lowest BCUT2D eigenvalue weighted by molar-refractivity contribution is 0.0488. The highest BCUT2D eigenvalue weighted by molar-refractivity contribution is 6.31. The molecule has 0 saturated carbocycles. The molecule has 18 nitrogen and oxygen atoms in total. The molecule has 3 amide bonds. The lowest BCUT2D eigenvalue weighted by Gasteiger charge is -2.34. The lowest BCUT2D eigenvalue weighted by atomic mass is 10.0. The quantitative estimate of drug-likeness (QED) is 0.0577. The third kappa shape index (κ3) is 12.4. The van der Waals surface area contributed by atoms with Gasteiger partial charge in [0.1, 0.15) is 28.7 Å². The average molecular weight is 908 g/mol. The number of nitrogens with zero attached hydrogens (tertiary/aromatic N) is 6. The third-order valence-electron chi connectivity index (χ3n) is 10.3. The zero-order valence-electron chi connectivity index (χ0n) is 36.4. The number of ether oxygens (including phenoxy) is 2. The van der Waals surface area contributed by atoms with Crippen molar-refractivity contribution in [3.8, 4) is 0 Å². The van der Waals surface area contributed by atoms with E-state index >= 15 is 0 Å². The van der Waals surface area contributed by atoms with E-state index in [9.17, 15) is 19.2 Å². The molecule has 20 heteroatoms. The van der Waals surface area contributed by atoms with Crippen molar-refractivity contribution < 1.29 is 23.9 Å². The minimum absolute atomic E-state index is 0.0898. The van der Waals surface area contributed by atoms with Crippen LogP contribution in [0.1, 0.15) is 100.0 Å². The molecule has 5 heterocycles. The number of carbonyl (C=O) groups is 3. The number of aromatic amines is 2. The highest BCUT2D eigenvalue weighted by Gasteiger charge is 2.31. The Labute approximate surface area is 375 Å². The van der Waals surface area contributed by atoms with Gasteiger partial charge in [-0.1, -0.05) is 59.6 Å². The van der Waals surface area contributed by atoms with Crippen LogP contribution >= 0.6 is 23.2 Å². The summed E-state index contributed by atoms with van der Waals surface area (Å²) in [6, 6.07) is 14.8. The zero-order chi connectivity index (χ0) is 45.5. The van der Waals surface area contributed by atoms with Gasteiger partial charge in [-0.05, 0) is 90.5 Å². The summed E-state index contributed by atoms with van der Waals surface area (Å²) in [5, 5.41) is 25.4. The van der Waals surface area contributed by atoms with Crippen molar-refractivity contribution in [1.29, 1.82) is 0 Å². The summed E-state index contributed by atoms with van der Waals surface area (Å²) in [4.78, 5) is 53.5. The number of benzene rings is 2. The molecule has 2 aromatic carbocycles. The van der Waals surface area contributed by atoms with Gasteiger partial charge < -0.3 is 29.9 Å². The number of halogens is 2. The van der Waals surface area contributed by atoms with Crippen LogP contribution in [0.4, 0.5) is 21.2 Å². The molecule has 2 aliphatic rings. The molecule has 7 N–H and O–H groups in total. The summed E-state index contributed by atoms with van der Waals surface area (Å²) in [6.07, 6.45) is 4.86. The van der Waals surface area contributed by atoms with E-state index in [1.165, 1.54) is 10.8 Å². The number of carbonyl (C=O) groups excluding carboxylic acids is 3. The number of hydrogen-bond acceptors (Lipinski definition) is 12. The maximum atomic E-state index is 12.6. The zero-order valence-corrected chi connectivity index (χ0v) is 37.9. The Hall–Kier alpha value is -5.85. The maximum Gasteiger partial charge on any atom is 0.407 e. The number of rotatable bonds is 9. The fourth-order valence-corrected chi connectivity index (χ4v) is 8.03. The van der Waals surface area contributed by atoms with Crippen LogP contribution in [0.15, 0.2) is 59.7 Å². The summed E-state index contributed by atoms with van der Waals surface area (Å²) < 4.78 is 12.3. The van der Waals surface area contributed by atoms with Gasteiger partial charge in [-0.2, -0.15) is 10.2 Å². The highest BCUT2D eigenvalue weighted by atomic mass is 35.5. The first-order valence-electron chi connectivity index (χ1n) is 20.9. The van der Waals surface area contributed by atoms with Gasteiger partial charge in [-0.15, -0.1) is 5.10 Å². The van der Waals surface area contributed by atoms with E-state index in [1.807, 2.05) is 84.0 Å². The van der Waals surface area contributed by atoms with Crippen LogP contribution in [0.5, 0.6) is 0 Å². The topological polar surface area (TPSA) is 230 Å². The number of anilines is 2. The SMILES string of the molecule is CC(C)(C)OC(=O)N[C@@H]1CCCN(c2n[nH]c(C(=O)NN)c2Cc2ccccc2Cl)C1.CC(C)(C)OC(=O)N[C@@H]1CCCN(c2nn3cn[nH]c(=O)c3c2Cc2ccccc2Cl)C1. The van der Waals surface area contributed by atoms with Crippen LogP contribution in [0.3, 0.4) is 0 Å². The van der Waals surface area contributed by atoms with Crippen LogP contribution in [-0.2, 0) is 22.3 Å². The van der Waals surface area contributed by atoms with Crippen molar-refractivity contribution in [3.05, 3.63) is 103 Å². The molecule has 0 radical (unpaired) electrons. The van der Waals surface area contributed by atoms with E-state index in [1.54, 1.807) is 6.07 Å². The number of H-pyrrole nitrogens is 2. The second kappa shape index (κ2) is 20.1. The standard InChI is InChI=1S/C22H27ClN6O3.C21H29ClN6O3/c1-22(2,3)32-21(31)25-15-8-6-10-28(12-15)19-16(11-14-7-4-5-9-17(14)23)18-20(30)26-24-13-29(18)27-19;1-21(2,3)31-20(30)24-14-8-6-10-28(12-14)18-15(17(26-27-18)19(29)25-23)11-13-7-4-5-9-16(13)22/h4-5,7,9,13,15H,6,8,10-12H2,1-3H3,(H,25,31)(H,26,30);4-5,7,9,14H,6,8,10-12,23H2,1-3H3,(H,24,30)(H,25,29)(H,26,27)/t15-;14-/m11/s1. The molecule has 3 aromatic heterocycles. The minimum Gasteiger partial charge on any atom is -0.444 e. The fraction of sp³-hybridized carbons (Fsp3) is 0.465. The molecular weight excluding hydrogens is 851 g/mol. The Kier molecular flexibility index (Phi) is 14.9. The molecule has 7 rings (SSSR count). The number of amides is 3. The van der Waals surface area contributed by atoms with Crippen molar-refractivity contribution in [2.45, 2.75) is 103 Å². The van der Waals surface area contributed by atoms with E-state index in [4.69, 9.17) is 38.5 Å². The summed E-state index contributed by atoms with van der Waals surface area (Å²) >= 11 is 12.8. The summed E-state index contributed by atoms with van der Waals surface area (Å²) in [5.41, 5.74) is 4.72. The van der Waals surface area contributed by atoms with Gasteiger partial charge in [0.05, 0.1) is 0 Å². The van der Waals surface area contributed by atoms with Crippen LogP contribution < -0.4 is 37.3 Å². The number of fused-ring (bicyclic) bond motifs is 1. The third-order valence-corrected chi connectivity index (χ3v) is 11.0. The summed E-state index contributed by atoms with van der Waals surface area (Å²) in [6.45, 7) is 13.6. The first-order valence-corrected chi connectivity index (χ1v) is 21.6. The van der Waals surface area contributed by atoms with Crippen molar-refractivity contribution in [3.63, 3.8) is 0 Å². The normalized spacial score (nSPS) is 16.8. The van der Waals surface area contributed by atoms with Gasteiger partial charge in [0, 0.05) is 72.3 Å². The number of hydrazine groups is 1. The number of nitrogens with two attached hydrogens (primary N) is 1. The van der Waals surface area contributed by atoms with E-state index in [0.717, 1.165) is 55.5 Å². The molecule has 0 aliphatic carbocycles. The first kappa shape index (κ1) is 46.6. The second-order valence-corrected chi connectivity index (χ2v) is 18.4. The van der Waals surface area contributed by atoms with Gasteiger partial charge in [0.15, 0.2) is 11.6 Å². The van der Waals surface area contributed by atoms with Crippen molar-refractivity contribution >= 4 is 58.4 Å². The number of piperidine rings is 2. The minimum atomic E-state index is -0.562. The average Bonchev–Trinajstić information content (AvgIpc) is 3.80. The molecule has 0 bridgehead atoms. The van der Waals surface area contributed by atoms with Crippen LogP contribution in [0, 0.1) is 0 Å². The van der Waals surface area contributed by atoms with Crippen LogP contribution in [-0.4, -0.2) is 97.6 Å². The Morgan fingerprint density at radius 1 is 0.778 bits per heavy atom. The number of aromatic nitrogens is 6. The van der Waals surface area contributed by atoms with Gasteiger partial charge in [0.25, 0.3) is 11.5 Å². The number of nitrogens with one attached hydrogen (secondary N) is 5. The van der Waals surface area contributed by atoms with E-state index < -0.39 is 29.3 Å². The molecule has 338 valence electrons. The Morgan fingerprint density at radius 3 is 1.79 bits per heavy atom. The van der Waals surface area contributed by atoms with Crippen LogP contribution in [0.2, 0.25) is 10.0 Å². The van der Waals surface area contributed by atoms with Gasteiger partial charge in [0.2, 0.25) is 0 Å². The maximum absolute atomic E-state index is 12.6. The predicted octanol–water partition coefficient (Wildman–Crippen LogP) is 5.91. The molecule has 5 aromatic rings. The fourth-order valence-electron chi connectivity index (χ4n) is 7.63. The molecule has 2 aliphatic heterocycles. The Bertz CT molecular complexity index is 2460. The Balaban J connectivity index is 0.000000210. The molecule has 0 spiro atoms. The van der Waals surface area contributed by atoms with Crippen molar-refractivity contribution in [2.24, 2.45) is 5.84 Å². The highest BCUT2D eigenvalue weighted by Crippen LogP contribution is 2.31. The van der Waals surface area contributed by atoms with Crippen LogP contribution in [0.25, 0.3) is 5.52 Å². The molecule has 2 fully saturated rings. The summed E-state index contributed by atoms with van der Waals surface area (Å²) in [5.74, 6) is 6.25. The largest absolute Gasteiger partial charge is 0.444 e. The molecular formula is C43H56Cl2N12O6. The smallest absolute Gasteiger partial charge is 0.407 e. The van der Waals surface area contributed by atoms with Crippen molar-refractivity contribution in [1.82, 2.24) is 46.1 Å². The monoisotopic (exact) mass is 906 g/mol. The molecule has 2 saturated heterocycles. The van der Waals surface area contributed by atoms with E-state index in [-0.39, 0.29) is 17.6 Å². The Morgan fingerprint density at radius 2 is 1.29 bits per heavy atom. The number of alkyl carbamates (subject to hydrolysis) is 2. The van der Waals surface area contributed by atoms with Gasteiger partial charge in [-0.25, -0.2) is 25.0 Å². The molecule has 2 atom stereocenters.